The van der Waals surface area contributed by atoms with Crippen molar-refractivity contribution in [3.63, 3.8) is 0 Å². The van der Waals surface area contributed by atoms with Crippen LogP contribution in [-0.4, -0.2) is 39.2 Å². The topological polar surface area (TPSA) is 76.6 Å². The molecule has 1 aromatic rings. The molecule has 0 spiro atoms. The van der Waals surface area contributed by atoms with Crippen molar-refractivity contribution in [3.05, 3.63) is 16.7 Å². The maximum absolute atomic E-state index is 12.2. The summed E-state index contributed by atoms with van der Waals surface area (Å²) in [5.74, 6) is 0.0598. The minimum Gasteiger partial charge on any atom is -0.493 e. The summed E-state index contributed by atoms with van der Waals surface area (Å²) in [5, 5.41) is 18.9. The molecule has 0 radical (unpaired) electrons. The quantitative estimate of drug-likeness (QED) is 0.302. The molecule has 0 bridgehead atoms. The molecule has 0 aliphatic rings. The summed E-state index contributed by atoms with van der Waals surface area (Å²) >= 11 is 0. The molecule has 6 heteroatoms. The number of imidazole rings is 1. The van der Waals surface area contributed by atoms with Gasteiger partial charge in [-0.1, -0.05) is 47.0 Å². The van der Waals surface area contributed by atoms with Gasteiger partial charge in [0.1, 0.15) is 0 Å². The highest BCUT2D eigenvalue weighted by molar-refractivity contribution is 5.05. The van der Waals surface area contributed by atoms with Crippen LogP contribution in [0.15, 0.2) is 11.0 Å². The molecule has 2 N–H and O–H groups in total. The van der Waals surface area contributed by atoms with Gasteiger partial charge in [0.15, 0.2) is 0 Å². The van der Waals surface area contributed by atoms with Gasteiger partial charge in [0, 0.05) is 32.9 Å². The Balaban J connectivity index is 2.11. The first-order valence-electron chi connectivity index (χ1n) is 12.3. The molecule has 0 saturated heterocycles. The number of aliphatic hydroxyl groups is 1. The van der Waals surface area contributed by atoms with E-state index in [1.807, 2.05) is 6.92 Å². The lowest BCUT2D eigenvalue weighted by Crippen LogP contribution is -2.26. The summed E-state index contributed by atoms with van der Waals surface area (Å²) in [4.78, 5) is 12.2. The maximum atomic E-state index is 12.2. The van der Waals surface area contributed by atoms with E-state index in [0.29, 0.717) is 25.1 Å². The van der Waals surface area contributed by atoms with E-state index in [1.165, 1.54) is 34.6 Å². The average molecular weight is 441 g/mol. The summed E-state index contributed by atoms with van der Waals surface area (Å²) in [7, 11) is 0. The Kier molecular flexibility index (Phi) is 12.5. The van der Waals surface area contributed by atoms with Gasteiger partial charge in [0.05, 0.1) is 6.20 Å². The molecular formula is C25H48N2O4. The van der Waals surface area contributed by atoms with Crippen LogP contribution in [0.5, 0.6) is 5.88 Å². The predicted octanol–water partition coefficient (Wildman–Crippen LogP) is 5.34. The third-order valence-electron chi connectivity index (χ3n) is 6.42. The zero-order valence-corrected chi connectivity index (χ0v) is 20.8. The first-order chi connectivity index (χ1) is 14.6. The van der Waals surface area contributed by atoms with E-state index < -0.39 is 0 Å². The van der Waals surface area contributed by atoms with Gasteiger partial charge < -0.3 is 14.9 Å². The zero-order chi connectivity index (χ0) is 23.3. The smallest absolute Gasteiger partial charge is 0.331 e. The lowest BCUT2D eigenvalue weighted by Gasteiger charge is -2.25. The van der Waals surface area contributed by atoms with Crippen LogP contribution >= 0.6 is 0 Å². The molecular weight excluding hydrogens is 392 g/mol. The number of aryl methyl sites for hydroxylation is 1. The van der Waals surface area contributed by atoms with Crippen LogP contribution in [0.3, 0.4) is 0 Å². The van der Waals surface area contributed by atoms with Crippen molar-refractivity contribution in [1.29, 1.82) is 0 Å². The highest BCUT2D eigenvalue weighted by atomic mass is 16.5. The first-order valence-corrected chi connectivity index (χ1v) is 12.3. The molecule has 0 fully saturated rings. The number of aromatic hydroxyl groups is 1. The highest BCUT2D eigenvalue weighted by Gasteiger charge is 2.19. The number of unbranched alkanes of at least 4 members (excludes halogenated alkanes) is 3. The highest BCUT2D eigenvalue weighted by Crippen LogP contribution is 2.30. The summed E-state index contributed by atoms with van der Waals surface area (Å²) in [5.41, 5.74) is 0.363. The van der Waals surface area contributed by atoms with Crippen LogP contribution in [0.2, 0.25) is 0 Å². The Morgan fingerprint density at radius 2 is 1.39 bits per heavy atom. The van der Waals surface area contributed by atoms with Crippen LogP contribution in [0, 0.1) is 10.8 Å². The van der Waals surface area contributed by atoms with E-state index >= 15 is 0 Å². The van der Waals surface area contributed by atoms with Crippen molar-refractivity contribution in [2.75, 3.05) is 19.8 Å². The summed E-state index contributed by atoms with van der Waals surface area (Å²) in [6.45, 7) is 14.1. The van der Waals surface area contributed by atoms with E-state index in [4.69, 9.17) is 9.84 Å². The number of hydrogen-bond donors (Lipinski definition) is 2. The van der Waals surface area contributed by atoms with Gasteiger partial charge in [-0.05, 0) is 62.7 Å². The van der Waals surface area contributed by atoms with E-state index in [2.05, 4.69) is 27.7 Å². The van der Waals surface area contributed by atoms with Gasteiger partial charge >= 0.3 is 5.69 Å². The molecule has 0 aromatic carbocycles. The van der Waals surface area contributed by atoms with Crippen LogP contribution in [-0.2, 0) is 17.8 Å². The molecule has 6 nitrogen and oxygen atoms in total. The van der Waals surface area contributed by atoms with E-state index in [9.17, 15) is 9.90 Å². The van der Waals surface area contributed by atoms with Crippen LogP contribution in [0.25, 0.3) is 0 Å². The summed E-state index contributed by atoms with van der Waals surface area (Å²) in [6, 6.07) is 0. The second-order valence-electron chi connectivity index (χ2n) is 10.5. The number of ether oxygens (including phenoxy) is 1. The molecule has 0 amide bonds. The minimum absolute atomic E-state index is 0.0598. The number of hydrogen-bond acceptors (Lipinski definition) is 4. The molecule has 182 valence electrons. The fourth-order valence-corrected chi connectivity index (χ4v) is 4.05. The predicted molar refractivity (Wildman–Crippen MR) is 128 cm³/mol. The standard InChI is InChI=1S/C25H48N2O4/c1-6-26-21-22(29)27(23(26)30)17-16-25(4,5)15-9-12-20-31-19-11-8-14-24(2,3)13-7-10-18-28/h21,28-29H,6-20H2,1-5H3. The average Bonchev–Trinajstić information content (AvgIpc) is 2.98. The fourth-order valence-electron chi connectivity index (χ4n) is 4.05. The van der Waals surface area contributed by atoms with Gasteiger partial charge in [-0.15, -0.1) is 0 Å². The second-order valence-corrected chi connectivity index (χ2v) is 10.5. The summed E-state index contributed by atoms with van der Waals surface area (Å²) in [6.07, 6.45) is 12.4. The molecule has 31 heavy (non-hydrogen) atoms. The van der Waals surface area contributed by atoms with Crippen molar-refractivity contribution in [3.8, 4) is 5.88 Å². The Hall–Kier alpha value is -1.27. The SMILES string of the molecule is CCn1cc(O)n(CCC(C)(C)CCCCOCCCCC(C)(C)CCCCO)c1=O. The first kappa shape index (κ1) is 27.8. The van der Waals surface area contributed by atoms with Gasteiger partial charge in [-0.2, -0.15) is 0 Å². The molecule has 0 saturated carbocycles. The molecule has 1 heterocycles. The van der Waals surface area contributed by atoms with Crippen molar-refractivity contribution in [1.82, 2.24) is 9.13 Å². The lowest BCUT2D eigenvalue weighted by atomic mass is 9.82. The minimum atomic E-state index is -0.127. The van der Waals surface area contributed by atoms with Crippen molar-refractivity contribution in [2.45, 2.75) is 112 Å². The van der Waals surface area contributed by atoms with Gasteiger partial charge in [-0.3, -0.25) is 9.13 Å². The van der Waals surface area contributed by atoms with Gasteiger partial charge in [0.2, 0.25) is 5.88 Å². The van der Waals surface area contributed by atoms with E-state index in [-0.39, 0.29) is 17.0 Å². The number of aliphatic hydroxyl groups excluding tert-OH is 1. The van der Waals surface area contributed by atoms with E-state index in [0.717, 1.165) is 58.2 Å². The Morgan fingerprint density at radius 1 is 0.871 bits per heavy atom. The van der Waals surface area contributed by atoms with Gasteiger partial charge in [-0.25, -0.2) is 4.79 Å². The van der Waals surface area contributed by atoms with Crippen LogP contribution in [0.1, 0.15) is 98.8 Å². The number of rotatable bonds is 18. The van der Waals surface area contributed by atoms with Gasteiger partial charge in [0.25, 0.3) is 0 Å². The third-order valence-corrected chi connectivity index (χ3v) is 6.42. The van der Waals surface area contributed by atoms with Crippen molar-refractivity contribution < 1.29 is 14.9 Å². The molecule has 0 aliphatic carbocycles. The zero-order valence-electron chi connectivity index (χ0n) is 20.8. The van der Waals surface area contributed by atoms with Crippen molar-refractivity contribution >= 4 is 0 Å². The molecule has 0 atom stereocenters. The molecule has 0 unspecified atom stereocenters. The molecule has 1 rings (SSSR count). The normalized spacial score (nSPS) is 12.6. The van der Waals surface area contributed by atoms with Crippen molar-refractivity contribution in [2.24, 2.45) is 10.8 Å². The summed E-state index contributed by atoms with van der Waals surface area (Å²) < 4.78 is 8.84. The number of aromatic nitrogens is 2. The second kappa shape index (κ2) is 14.0. The maximum Gasteiger partial charge on any atom is 0.331 e. The Labute approximate surface area is 189 Å². The Morgan fingerprint density at radius 3 is 1.87 bits per heavy atom. The lowest BCUT2D eigenvalue weighted by molar-refractivity contribution is 0.119. The van der Waals surface area contributed by atoms with Crippen LogP contribution in [0.4, 0.5) is 0 Å². The third kappa shape index (κ3) is 11.2. The number of nitrogens with zero attached hydrogens (tertiary/aromatic N) is 2. The monoisotopic (exact) mass is 440 g/mol. The molecule has 1 aromatic heterocycles. The van der Waals surface area contributed by atoms with Crippen LogP contribution < -0.4 is 5.69 Å². The fraction of sp³-hybridized carbons (Fsp3) is 0.880. The largest absolute Gasteiger partial charge is 0.493 e. The molecule has 0 aliphatic heterocycles. The van der Waals surface area contributed by atoms with E-state index in [1.54, 1.807) is 0 Å². The Bertz CT molecular complexity index is 661.